The summed E-state index contributed by atoms with van der Waals surface area (Å²) in [6, 6.07) is 13.0. The molecule has 0 saturated carbocycles. The molecule has 2 fully saturated rings. The third kappa shape index (κ3) is 5.54. The Morgan fingerprint density at radius 1 is 1.14 bits per heavy atom. The van der Waals surface area contributed by atoms with Crippen molar-refractivity contribution >= 4 is 45.2 Å². The molecule has 10 nitrogen and oxygen atoms in total. The Kier molecular flexibility index (Phi) is 7.65. The van der Waals surface area contributed by atoms with Crippen molar-refractivity contribution in [3.05, 3.63) is 59.1 Å². The van der Waals surface area contributed by atoms with Gasteiger partial charge in [-0.25, -0.2) is 13.2 Å². The van der Waals surface area contributed by atoms with Gasteiger partial charge in [0.25, 0.3) is 5.91 Å². The molecular formula is C24H27ClN4O6S. The number of rotatable bonds is 8. The molecule has 2 aliphatic heterocycles. The van der Waals surface area contributed by atoms with E-state index in [2.05, 4.69) is 10.6 Å². The summed E-state index contributed by atoms with van der Waals surface area (Å²) in [7, 11) is -3.89. The SMILES string of the molecule is C[C@@]1(CCc2ccccc2)NC(=O)N(CC(=O)Nc2ccc(Cl)c(S(=O)(=O)N3CCOCC3)c2)C1=O. The molecule has 0 aromatic heterocycles. The first kappa shape index (κ1) is 26.1. The lowest BCUT2D eigenvalue weighted by molar-refractivity contribution is -0.133. The summed E-state index contributed by atoms with van der Waals surface area (Å²) < 4.78 is 32.5. The third-order valence-corrected chi connectivity index (χ3v) is 8.59. The minimum atomic E-state index is -3.89. The number of halogens is 1. The zero-order valence-electron chi connectivity index (χ0n) is 19.7. The lowest BCUT2D eigenvalue weighted by atomic mass is 9.93. The number of hydrogen-bond acceptors (Lipinski definition) is 6. The van der Waals surface area contributed by atoms with E-state index in [0.29, 0.717) is 12.8 Å². The van der Waals surface area contributed by atoms with Gasteiger partial charge in [-0.15, -0.1) is 0 Å². The second kappa shape index (κ2) is 10.6. The molecule has 0 unspecified atom stereocenters. The number of aryl methyl sites for hydroxylation is 1. The Hall–Kier alpha value is -2.99. The Bertz CT molecular complexity index is 1270. The second-order valence-electron chi connectivity index (χ2n) is 8.85. The molecule has 0 radical (unpaired) electrons. The van der Waals surface area contributed by atoms with Crippen molar-refractivity contribution in [1.29, 1.82) is 0 Å². The minimum Gasteiger partial charge on any atom is -0.379 e. The number of nitrogens with one attached hydrogen (secondary N) is 2. The Balaban J connectivity index is 1.42. The maximum Gasteiger partial charge on any atom is 0.325 e. The van der Waals surface area contributed by atoms with Crippen LogP contribution in [0.3, 0.4) is 0 Å². The minimum absolute atomic E-state index is 0.0165. The van der Waals surface area contributed by atoms with Crippen LogP contribution in [-0.4, -0.2) is 73.9 Å². The Labute approximate surface area is 214 Å². The molecule has 4 amide bonds. The highest BCUT2D eigenvalue weighted by Gasteiger charge is 2.47. The number of ether oxygens (including phenoxy) is 1. The molecule has 2 aromatic rings. The van der Waals surface area contributed by atoms with E-state index in [1.807, 2.05) is 30.3 Å². The van der Waals surface area contributed by atoms with E-state index in [4.69, 9.17) is 16.3 Å². The number of hydrogen-bond donors (Lipinski definition) is 2. The van der Waals surface area contributed by atoms with Crippen molar-refractivity contribution in [2.45, 2.75) is 30.2 Å². The van der Waals surface area contributed by atoms with Crippen molar-refractivity contribution in [3.8, 4) is 0 Å². The predicted molar refractivity (Wildman–Crippen MR) is 133 cm³/mol. The van der Waals surface area contributed by atoms with Gasteiger partial charge in [-0.3, -0.25) is 14.5 Å². The maximum absolute atomic E-state index is 13.0. The number of carbonyl (C=O) groups is 3. The van der Waals surface area contributed by atoms with Gasteiger partial charge >= 0.3 is 6.03 Å². The predicted octanol–water partition coefficient (Wildman–Crippen LogP) is 2.24. The van der Waals surface area contributed by atoms with E-state index < -0.39 is 40.0 Å². The van der Waals surface area contributed by atoms with E-state index >= 15 is 0 Å². The van der Waals surface area contributed by atoms with Gasteiger partial charge in [-0.05, 0) is 43.5 Å². The van der Waals surface area contributed by atoms with E-state index in [9.17, 15) is 22.8 Å². The molecule has 2 aromatic carbocycles. The molecule has 4 rings (SSSR count). The van der Waals surface area contributed by atoms with Crippen LogP contribution in [0.1, 0.15) is 18.9 Å². The maximum atomic E-state index is 13.0. The summed E-state index contributed by atoms with van der Waals surface area (Å²) in [4.78, 5) is 38.9. The molecular weight excluding hydrogens is 508 g/mol. The lowest BCUT2D eigenvalue weighted by Gasteiger charge is -2.26. The molecule has 2 aliphatic rings. The first-order valence-corrected chi connectivity index (χ1v) is 13.3. The van der Waals surface area contributed by atoms with Gasteiger partial charge < -0.3 is 15.4 Å². The largest absolute Gasteiger partial charge is 0.379 e. The number of urea groups is 1. The summed E-state index contributed by atoms with van der Waals surface area (Å²) in [5.41, 5.74) is 0.0741. The monoisotopic (exact) mass is 534 g/mol. The Morgan fingerprint density at radius 3 is 2.53 bits per heavy atom. The number of amides is 4. The van der Waals surface area contributed by atoms with Gasteiger partial charge in [0.1, 0.15) is 17.0 Å². The van der Waals surface area contributed by atoms with Crippen LogP contribution in [0.5, 0.6) is 0 Å². The van der Waals surface area contributed by atoms with Crippen molar-refractivity contribution < 1.29 is 27.5 Å². The van der Waals surface area contributed by atoms with Gasteiger partial charge in [0.15, 0.2) is 0 Å². The van der Waals surface area contributed by atoms with Gasteiger partial charge in [-0.1, -0.05) is 41.9 Å². The summed E-state index contributed by atoms with van der Waals surface area (Å²) in [6.07, 6.45) is 0.953. The van der Waals surface area contributed by atoms with E-state index in [1.54, 1.807) is 6.92 Å². The fourth-order valence-electron chi connectivity index (χ4n) is 4.15. The summed E-state index contributed by atoms with van der Waals surface area (Å²) in [5, 5.41) is 5.26. The van der Waals surface area contributed by atoms with Crippen LogP contribution in [0.4, 0.5) is 10.5 Å². The summed E-state index contributed by atoms with van der Waals surface area (Å²) in [5.74, 6) is -1.15. The zero-order chi connectivity index (χ0) is 25.9. The topological polar surface area (TPSA) is 125 Å². The number of sulfonamides is 1. The van der Waals surface area contributed by atoms with Crippen molar-refractivity contribution in [2.75, 3.05) is 38.2 Å². The van der Waals surface area contributed by atoms with Gasteiger partial charge in [-0.2, -0.15) is 4.31 Å². The van der Waals surface area contributed by atoms with E-state index in [1.165, 1.54) is 22.5 Å². The highest BCUT2D eigenvalue weighted by Crippen LogP contribution is 2.29. The van der Waals surface area contributed by atoms with Crippen LogP contribution in [-0.2, 0) is 30.8 Å². The number of anilines is 1. The van der Waals surface area contributed by atoms with Crippen molar-refractivity contribution in [1.82, 2.24) is 14.5 Å². The molecule has 2 heterocycles. The van der Waals surface area contributed by atoms with Crippen LogP contribution < -0.4 is 10.6 Å². The number of carbonyl (C=O) groups excluding carboxylic acids is 3. The number of imide groups is 1. The fourth-order valence-corrected chi connectivity index (χ4v) is 6.06. The van der Waals surface area contributed by atoms with Gasteiger partial charge in [0, 0.05) is 18.8 Å². The van der Waals surface area contributed by atoms with Crippen LogP contribution in [0, 0.1) is 0 Å². The highest BCUT2D eigenvalue weighted by atomic mass is 35.5. The number of benzene rings is 2. The molecule has 0 bridgehead atoms. The first-order chi connectivity index (χ1) is 17.1. The van der Waals surface area contributed by atoms with Crippen molar-refractivity contribution in [3.63, 3.8) is 0 Å². The number of nitrogens with zero attached hydrogens (tertiary/aromatic N) is 2. The smallest absolute Gasteiger partial charge is 0.325 e. The average molecular weight is 535 g/mol. The van der Waals surface area contributed by atoms with E-state index in [0.717, 1.165) is 10.5 Å². The normalized spacial score (nSPS) is 20.9. The lowest BCUT2D eigenvalue weighted by Crippen LogP contribution is -2.45. The first-order valence-electron chi connectivity index (χ1n) is 11.5. The van der Waals surface area contributed by atoms with E-state index in [-0.39, 0.29) is 41.9 Å². The Morgan fingerprint density at radius 2 is 1.83 bits per heavy atom. The molecule has 36 heavy (non-hydrogen) atoms. The molecule has 2 saturated heterocycles. The summed E-state index contributed by atoms with van der Waals surface area (Å²) in [6.45, 7) is 2.08. The number of morpholine rings is 1. The van der Waals surface area contributed by atoms with Gasteiger partial charge in [0.2, 0.25) is 15.9 Å². The van der Waals surface area contributed by atoms with Gasteiger partial charge in [0.05, 0.1) is 18.2 Å². The highest BCUT2D eigenvalue weighted by molar-refractivity contribution is 7.89. The molecule has 0 aliphatic carbocycles. The molecule has 2 N–H and O–H groups in total. The summed E-state index contributed by atoms with van der Waals surface area (Å²) >= 11 is 6.16. The van der Waals surface area contributed by atoms with Crippen LogP contribution in [0.25, 0.3) is 0 Å². The average Bonchev–Trinajstić information content (AvgIpc) is 3.08. The standard InChI is InChI=1S/C24H27ClN4O6S/c1-24(10-9-17-5-3-2-4-6-17)22(31)29(23(32)27-24)16-21(30)26-18-7-8-19(25)20(15-18)36(33,34)28-11-13-35-14-12-28/h2-8,15H,9-14,16H2,1H3,(H,26,30)(H,27,32)/t24-/m0/s1. The third-order valence-electron chi connectivity index (χ3n) is 6.21. The second-order valence-corrected chi connectivity index (χ2v) is 11.2. The quantitative estimate of drug-likeness (QED) is 0.500. The van der Waals surface area contributed by atoms with Crippen molar-refractivity contribution in [2.24, 2.45) is 0 Å². The molecule has 12 heteroatoms. The fraction of sp³-hybridized carbons (Fsp3) is 0.375. The molecule has 192 valence electrons. The molecule has 1 atom stereocenters. The van der Waals surface area contributed by atoms with Crippen LogP contribution in [0.2, 0.25) is 5.02 Å². The zero-order valence-corrected chi connectivity index (χ0v) is 21.3. The van der Waals surface area contributed by atoms with Crippen LogP contribution >= 0.6 is 11.6 Å². The van der Waals surface area contributed by atoms with Crippen LogP contribution in [0.15, 0.2) is 53.4 Å². The molecule has 0 spiro atoms.